The number of aliphatic imine (C=N–C) groups is 1. The van der Waals surface area contributed by atoms with Gasteiger partial charge < -0.3 is 10.1 Å². The van der Waals surface area contributed by atoms with Crippen LogP contribution in [-0.4, -0.2) is 39.6 Å². The zero-order valence-corrected chi connectivity index (χ0v) is 8.88. The maximum absolute atomic E-state index is 5.41. The van der Waals surface area contributed by atoms with Gasteiger partial charge in [0.1, 0.15) is 0 Å². The minimum absolute atomic E-state index is 0.867. The molecule has 78 valence electrons. The molecule has 13 heavy (non-hydrogen) atoms. The third-order valence-electron chi connectivity index (χ3n) is 1.70. The molecule has 0 aromatic rings. The fraction of sp³-hybridized carbons (Fsp3) is 0.900. The molecule has 0 aliphatic rings. The summed E-state index contributed by atoms with van der Waals surface area (Å²) in [6.07, 6.45) is 5.35. The van der Waals surface area contributed by atoms with Crippen LogP contribution >= 0.6 is 0 Å². The van der Waals surface area contributed by atoms with E-state index < -0.39 is 0 Å². The monoisotopic (exact) mass is 186 g/mol. The van der Waals surface area contributed by atoms with Crippen LogP contribution in [0.5, 0.6) is 0 Å². The Bertz CT molecular complexity index is 115. The first kappa shape index (κ1) is 12.6. The molecule has 3 heteroatoms. The van der Waals surface area contributed by atoms with E-state index >= 15 is 0 Å². The molecule has 3 nitrogen and oxygen atoms in total. The Balaban J connectivity index is 2.83. The highest BCUT2D eigenvalue weighted by Crippen LogP contribution is 1.88. The molecule has 0 spiro atoms. The van der Waals surface area contributed by atoms with Crippen molar-refractivity contribution in [2.45, 2.75) is 26.2 Å². The highest BCUT2D eigenvalue weighted by atomic mass is 16.5. The molecule has 0 unspecified atom stereocenters. The first-order chi connectivity index (χ1) is 6.41. The van der Waals surface area contributed by atoms with Gasteiger partial charge in [-0.3, -0.25) is 4.99 Å². The highest BCUT2D eigenvalue weighted by Gasteiger charge is 1.88. The minimum atomic E-state index is 0.867. The molecular weight excluding hydrogens is 164 g/mol. The normalized spacial score (nSPS) is 11.2. The predicted molar refractivity (Wildman–Crippen MR) is 57.6 cm³/mol. The van der Waals surface area contributed by atoms with Gasteiger partial charge in [0, 0.05) is 33.0 Å². The third kappa shape index (κ3) is 11.6. The van der Waals surface area contributed by atoms with Crippen LogP contribution in [0.1, 0.15) is 26.2 Å². The Morgan fingerprint density at radius 1 is 1.31 bits per heavy atom. The summed E-state index contributed by atoms with van der Waals surface area (Å²) < 4.78 is 5.41. The van der Waals surface area contributed by atoms with Crippen molar-refractivity contribution in [2.24, 2.45) is 4.99 Å². The van der Waals surface area contributed by atoms with E-state index in [9.17, 15) is 0 Å². The summed E-state index contributed by atoms with van der Waals surface area (Å²) in [7, 11) is 1.79. The zero-order chi connectivity index (χ0) is 9.78. The first-order valence-corrected chi connectivity index (χ1v) is 5.11. The second-order valence-electron chi connectivity index (χ2n) is 2.96. The lowest BCUT2D eigenvalue weighted by Crippen LogP contribution is -2.19. The molecule has 0 bridgehead atoms. The fourth-order valence-corrected chi connectivity index (χ4v) is 0.906. The van der Waals surface area contributed by atoms with Crippen LogP contribution in [0.4, 0.5) is 0 Å². The second-order valence-corrected chi connectivity index (χ2v) is 2.96. The average Bonchev–Trinajstić information content (AvgIpc) is 2.16. The Kier molecular flexibility index (Phi) is 11.2. The van der Waals surface area contributed by atoms with Crippen LogP contribution < -0.4 is 5.32 Å². The summed E-state index contributed by atoms with van der Waals surface area (Å²) in [6.45, 7) is 5.84. The number of rotatable bonds is 9. The van der Waals surface area contributed by atoms with Gasteiger partial charge in [-0.05, 0) is 19.4 Å². The molecule has 0 radical (unpaired) electrons. The topological polar surface area (TPSA) is 33.6 Å². The van der Waals surface area contributed by atoms with Gasteiger partial charge in [-0.2, -0.15) is 0 Å². The molecule has 0 heterocycles. The van der Waals surface area contributed by atoms with Crippen molar-refractivity contribution in [1.82, 2.24) is 5.32 Å². The smallest absolute Gasteiger partial charge is 0.0478 e. The number of hydrogen-bond donors (Lipinski definition) is 1. The molecule has 0 saturated heterocycles. The number of ether oxygens (including phenoxy) is 1. The molecule has 0 aromatic carbocycles. The van der Waals surface area contributed by atoms with E-state index in [4.69, 9.17) is 4.74 Å². The van der Waals surface area contributed by atoms with E-state index in [0.29, 0.717) is 0 Å². The lowest BCUT2D eigenvalue weighted by molar-refractivity contribution is 0.129. The summed E-state index contributed by atoms with van der Waals surface area (Å²) >= 11 is 0. The summed E-state index contributed by atoms with van der Waals surface area (Å²) in [5.41, 5.74) is 0. The van der Waals surface area contributed by atoms with Gasteiger partial charge >= 0.3 is 0 Å². The fourth-order valence-electron chi connectivity index (χ4n) is 0.906. The van der Waals surface area contributed by atoms with Gasteiger partial charge in [-0.1, -0.05) is 13.3 Å². The molecule has 0 fully saturated rings. The Morgan fingerprint density at radius 3 is 2.77 bits per heavy atom. The van der Waals surface area contributed by atoms with Crippen molar-refractivity contribution < 1.29 is 4.74 Å². The molecule has 1 N–H and O–H groups in total. The third-order valence-corrected chi connectivity index (χ3v) is 1.70. The summed E-state index contributed by atoms with van der Waals surface area (Å²) in [5.74, 6) is 0. The van der Waals surface area contributed by atoms with Crippen molar-refractivity contribution >= 4 is 6.21 Å². The van der Waals surface area contributed by atoms with Crippen molar-refractivity contribution in [2.75, 3.05) is 33.4 Å². The first-order valence-electron chi connectivity index (χ1n) is 5.11. The quantitative estimate of drug-likeness (QED) is 0.437. The minimum Gasteiger partial charge on any atom is -0.381 e. The molecule has 0 aliphatic carbocycles. The van der Waals surface area contributed by atoms with Crippen LogP contribution in [-0.2, 0) is 4.74 Å². The summed E-state index contributed by atoms with van der Waals surface area (Å²) in [6, 6.07) is 0. The van der Waals surface area contributed by atoms with Crippen molar-refractivity contribution in [3.05, 3.63) is 0 Å². The predicted octanol–water partition coefficient (Wildman–Crippen LogP) is 1.48. The lowest BCUT2D eigenvalue weighted by Gasteiger charge is -2.03. The van der Waals surface area contributed by atoms with Gasteiger partial charge in [0.15, 0.2) is 0 Å². The molecule has 0 aromatic heterocycles. The van der Waals surface area contributed by atoms with E-state index in [1.54, 1.807) is 7.05 Å². The average molecular weight is 186 g/mol. The number of nitrogens with one attached hydrogen (secondary N) is 1. The van der Waals surface area contributed by atoms with E-state index in [2.05, 4.69) is 17.2 Å². The Labute approximate surface area is 81.6 Å². The Morgan fingerprint density at radius 2 is 2.08 bits per heavy atom. The van der Waals surface area contributed by atoms with E-state index in [-0.39, 0.29) is 0 Å². The number of hydrogen-bond acceptors (Lipinski definition) is 3. The molecule has 0 amide bonds. The Hall–Kier alpha value is -0.410. The van der Waals surface area contributed by atoms with E-state index in [1.165, 1.54) is 12.8 Å². The summed E-state index contributed by atoms with van der Waals surface area (Å²) in [4.78, 5) is 3.88. The van der Waals surface area contributed by atoms with Gasteiger partial charge in [-0.15, -0.1) is 0 Å². The summed E-state index contributed by atoms with van der Waals surface area (Å²) in [5, 5.41) is 3.25. The van der Waals surface area contributed by atoms with Crippen LogP contribution in [0.25, 0.3) is 0 Å². The SMILES string of the molecule is CCCCOCCCNCC=NC. The maximum Gasteiger partial charge on any atom is 0.0478 e. The molecule has 0 atom stereocenters. The van der Waals surface area contributed by atoms with Gasteiger partial charge in [0.05, 0.1) is 0 Å². The standard InChI is InChI=1S/C10H22N2O/c1-3-4-9-13-10-5-6-12-8-7-11-2/h7,12H,3-6,8-10H2,1-2H3. The van der Waals surface area contributed by atoms with E-state index in [1.807, 2.05) is 6.21 Å². The van der Waals surface area contributed by atoms with Gasteiger partial charge in [0.2, 0.25) is 0 Å². The number of unbranched alkanes of at least 4 members (excludes halogenated alkanes) is 1. The van der Waals surface area contributed by atoms with E-state index in [0.717, 1.165) is 32.7 Å². The molecule has 0 rings (SSSR count). The second kappa shape index (κ2) is 11.6. The highest BCUT2D eigenvalue weighted by molar-refractivity contribution is 5.59. The molecule has 0 aliphatic heterocycles. The van der Waals surface area contributed by atoms with Crippen LogP contribution in [0.2, 0.25) is 0 Å². The van der Waals surface area contributed by atoms with Crippen molar-refractivity contribution in [3.8, 4) is 0 Å². The maximum atomic E-state index is 5.41. The van der Waals surface area contributed by atoms with Crippen LogP contribution in [0.15, 0.2) is 4.99 Å². The van der Waals surface area contributed by atoms with Crippen LogP contribution in [0, 0.1) is 0 Å². The van der Waals surface area contributed by atoms with Gasteiger partial charge in [-0.25, -0.2) is 0 Å². The zero-order valence-electron chi connectivity index (χ0n) is 8.88. The van der Waals surface area contributed by atoms with Crippen molar-refractivity contribution in [3.63, 3.8) is 0 Å². The lowest BCUT2D eigenvalue weighted by atomic mass is 10.4. The molecular formula is C10H22N2O. The molecule has 0 saturated carbocycles. The number of nitrogens with zero attached hydrogens (tertiary/aromatic N) is 1. The van der Waals surface area contributed by atoms with Crippen LogP contribution in [0.3, 0.4) is 0 Å². The largest absolute Gasteiger partial charge is 0.381 e. The van der Waals surface area contributed by atoms with Gasteiger partial charge in [0.25, 0.3) is 0 Å². The van der Waals surface area contributed by atoms with Crippen molar-refractivity contribution in [1.29, 1.82) is 0 Å².